The standard InChI is InChI=1S/C15H27NO3/c1-2-12-3-5-13(6-4-12)16-9-7-14(8-10-16)19-11-15(17)18/h12-14H,2-11H2,1H3,(H,17,18). The molecule has 1 aliphatic heterocycles. The summed E-state index contributed by atoms with van der Waals surface area (Å²) in [6.45, 7) is 4.31. The Bertz CT molecular complexity index is 279. The minimum Gasteiger partial charge on any atom is -0.480 e. The predicted octanol–water partition coefficient (Wildman–Crippen LogP) is 2.52. The maximum atomic E-state index is 10.5. The number of rotatable bonds is 5. The topological polar surface area (TPSA) is 49.8 Å². The Kier molecular flexibility index (Phi) is 5.64. The first-order valence-corrected chi connectivity index (χ1v) is 7.76. The fourth-order valence-electron chi connectivity index (χ4n) is 3.51. The van der Waals surface area contributed by atoms with Gasteiger partial charge in [-0.05, 0) is 44.4 Å². The van der Waals surface area contributed by atoms with E-state index in [1.165, 1.54) is 32.1 Å². The summed E-state index contributed by atoms with van der Waals surface area (Å²) in [6.07, 6.45) is 8.92. The summed E-state index contributed by atoms with van der Waals surface area (Å²) in [6, 6.07) is 0.767. The van der Waals surface area contributed by atoms with Crippen LogP contribution in [0.3, 0.4) is 0 Å². The Labute approximate surface area is 116 Å². The van der Waals surface area contributed by atoms with Crippen molar-refractivity contribution < 1.29 is 14.6 Å². The van der Waals surface area contributed by atoms with Gasteiger partial charge in [0.1, 0.15) is 6.61 Å². The lowest BCUT2D eigenvalue weighted by Gasteiger charge is -2.40. The van der Waals surface area contributed by atoms with Crippen molar-refractivity contribution in [1.82, 2.24) is 4.90 Å². The largest absolute Gasteiger partial charge is 0.480 e. The van der Waals surface area contributed by atoms with Crippen molar-refractivity contribution in [3.8, 4) is 0 Å². The van der Waals surface area contributed by atoms with E-state index in [1.54, 1.807) is 0 Å². The van der Waals surface area contributed by atoms with Crippen LogP contribution in [0.1, 0.15) is 51.9 Å². The van der Waals surface area contributed by atoms with E-state index < -0.39 is 5.97 Å². The summed E-state index contributed by atoms with van der Waals surface area (Å²) in [5.74, 6) is 0.0907. The monoisotopic (exact) mass is 269 g/mol. The van der Waals surface area contributed by atoms with E-state index in [9.17, 15) is 4.79 Å². The Morgan fingerprint density at radius 2 is 1.79 bits per heavy atom. The van der Waals surface area contributed by atoms with E-state index in [0.717, 1.165) is 37.9 Å². The van der Waals surface area contributed by atoms with Crippen LogP contribution in [0.5, 0.6) is 0 Å². The van der Waals surface area contributed by atoms with Gasteiger partial charge in [0.2, 0.25) is 0 Å². The highest BCUT2D eigenvalue weighted by Crippen LogP contribution is 2.31. The van der Waals surface area contributed by atoms with Gasteiger partial charge in [0, 0.05) is 19.1 Å². The third-order valence-corrected chi connectivity index (χ3v) is 4.83. The number of ether oxygens (including phenoxy) is 1. The quantitative estimate of drug-likeness (QED) is 0.833. The molecular formula is C15H27NO3. The molecule has 110 valence electrons. The fourth-order valence-corrected chi connectivity index (χ4v) is 3.51. The average molecular weight is 269 g/mol. The first-order chi connectivity index (χ1) is 9.19. The Morgan fingerprint density at radius 1 is 1.16 bits per heavy atom. The van der Waals surface area contributed by atoms with Crippen molar-refractivity contribution in [3.05, 3.63) is 0 Å². The second-order valence-corrected chi connectivity index (χ2v) is 6.02. The number of nitrogens with zero attached hydrogens (tertiary/aromatic N) is 1. The molecule has 0 aromatic carbocycles. The molecule has 2 aliphatic rings. The van der Waals surface area contributed by atoms with Crippen LogP contribution in [0, 0.1) is 5.92 Å². The molecule has 0 radical (unpaired) electrons. The van der Waals surface area contributed by atoms with E-state index in [0.29, 0.717) is 0 Å². The van der Waals surface area contributed by atoms with E-state index in [-0.39, 0.29) is 12.7 Å². The van der Waals surface area contributed by atoms with Gasteiger partial charge in [-0.15, -0.1) is 0 Å². The van der Waals surface area contributed by atoms with Crippen LogP contribution in [0.25, 0.3) is 0 Å². The van der Waals surface area contributed by atoms with Crippen molar-refractivity contribution in [2.75, 3.05) is 19.7 Å². The number of aliphatic carboxylic acids is 1. The molecule has 1 saturated carbocycles. The predicted molar refractivity (Wildman–Crippen MR) is 74.2 cm³/mol. The van der Waals surface area contributed by atoms with Crippen LogP contribution in [0.4, 0.5) is 0 Å². The molecule has 0 amide bonds. The highest BCUT2D eigenvalue weighted by atomic mass is 16.5. The van der Waals surface area contributed by atoms with Crippen molar-refractivity contribution in [2.45, 2.75) is 64.0 Å². The Hall–Kier alpha value is -0.610. The van der Waals surface area contributed by atoms with Crippen LogP contribution in [-0.4, -0.2) is 47.8 Å². The summed E-state index contributed by atoms with van der Waals surface area (Å²) >= 11 is 0. The van der Waals surface area contributed by atoms with Gasteiger partial charge in [-0.3, -0.25) is 0 Å². The molecule has 0 unspecified atom stereocenters. The van der Waals surface area contributed by atoms with Gasteiger partial charge in [0.15, 0.2) is 0 Å². The zero-order chi connectivity index (χ0) is 13.7. The Balaban J connectivity index is 1.67. The molecule has 0 spiro atoms. The molecule has 1 saturated heterocycles. The second-order valence-electron chi connectivity index (χ2n) is 6.02. The summed E-state index contributed by atoms with van der Waals surface area (Å²) in [7, 11) is 0. The SMILES string of the molecule is CCC1CCC(N2CCC(OCC(=O)O)CC2)CC1. The molecule has 2 fully saturated rings. The number of carboxylic acids is 1. The van der Waals surface area contributed by atoms with E-state index in [1.807, 2.05) is 0 Å². The second kappa shape index (κ2) is 7.25. The zero-order valence-corrected chi connectivity index (χ0v) is 12.0. The molecule has 1 N–H and O–H groups in total. The number of carbonyl (C=O) groups is 1. The minimum atomic E-state index is -0.861. The molecule has 4 heteroatoms. The molecule has 0 atom stereocenters. The number of carboxylic acid groups (broad SMARTS) is 1. The van der Waals surface area contributed by atoms with Gasteiger partial charge >= 0.3 is 5.97 Å². The van der Waals surface area contributed by atoms with Crippen LogP contribution in [-0.2, 0) is 9.53 Å². The first-order valence-electron chi connectivity index (χ1n) is 7.76. The minimum absolute atomic E-state index is 0.147. The zero-order valence-electron chi connectivity index (χ0n) is 12.0. The average Bonchev–Trinajstić information content (AvgIpc) is 2.46. The highest BCUT2D eigenvalue weighted by Gasteiger charge is 2.28. The first kappa shape index (κ1) is 14.8. The number of piperidine rings is 1. The molecule has 19 heavy (non-hydrogen) atoms. The van der Waals surface area contributed by atoms with E-state index in [2.05, 4.69) is 11.8 Å². The molecule has 0 aromatic heterocycles. The fraction of sp³-hybridized carbons (Fsp3) is 0.933. The molecule has 0 bridgehead atoms. The number of likely N-dealkylation sites (tertiary alicyclic amines) is 1. The lowest BCUT2D eigenvalue weighted by atomic mass is 9.83. The summed E-state index contributed by atoms with van der Waals surface area (Å²) < 4.78 is 5.39. The molecular weight excluding hydrogens is 242 g/mol. The smallest absolute Gasteiger partial charge is 0.329 e. The lowest BCUT2D eigenvalue weighted by Crippen LogP contribution is -2.45. The molecule has 4 nitrogen and oxygen atoms in total. The summed E-state index contributed by atoms with van der Waals surface area (Å²) in [5, 5.41) is 8.61. The third-order valence-electron chi connectivity index (χ3n) is 4.83. The van der Waals surface area contributed by atoms with Gasteiger partial charge in [-0.2, -0.15) is 0 Å². The van der Waals surface area contributed by atoms with Gasteiger partial charge in [-0.25, -0.2) is 4.79 Å². The van der Waals surface area contributed by atoms with Crippen LogP contribution in [0.15, 0.2) is 0 Å². The molecule has 0 aromatic rings. The van der Waals surface area contributed by atoms with Gasteiger partial charge < -0.3 is 14.7 Å². The normalized spacial score (nSPS) is 30.4. The Morgan fingerprint density at radius 3 is 2.32 bits per heavy atom. The van der Waals surface area contributed by atoms with Gasteiger partial charge in [-0.1, -0.05) is 13.3 Å². The van der Waals surface area contributed by atoms with E-state index >= 15 is 0 Å². The summed E-state index contributed by atoms with van der Waals surface area (Å²) in [5.41, 5.74) is 0. The van der Waals surface area contributed by atoms with Gasteiger partial charge in [0.05, 0.1) is 6.10 Å². The van der Waals surface area contributed by atoms with Crippen molar-refractivity contribution in [1.29, 1.82) is 0 Å². The van der Waals surface area contributed by atoms with Crippen LogP contribution >= 0.6 is 0 Å². The van der Waals surface area contributed by atoms with Crippen LogP contribution < -0.4 is 0 Å². The molecule has 1 aliphatic carbocycles. The van der Waals surface area contributed by atoms with Crippen molar-refractivity contribution in [2.24, 2.45) is 5.92 Å². The number of hydrogen-bond donors (Lipinski definition) is 1. The van der Waals surface area contributed by atoms with Crippen molar-refractivity contribution >= 4 is 5.97 Å². The van der Waals surface area contributed by atoms with Gasteiger partial charge in [0.25, 0.3) is 0 Å². The van der Waals surface area contributed by atoms with Crippen LogP contribution in [0.2, 0.25) is 0 Å². The lowest BCUT2D eigenvalue weighted by molar-refractivity contribution is -0.145. The summed E-state index contributed by atoms with van der Waals surface area (Å²) in [4.78, 5) is 13.1. The molecule has 2 rings (SSSR count). The highest BCUT2D eigenvalue weighted by molar-refractivity contribution is 5.68. The maximum absolute atomic E-state index is 10.5. The maximum Gasteiger partial charge on any atom is 0.329 e. The molecule has 1 heterocycles. The van der Waals surface area contributed by atoms with E-state index in [4.69, 9.17) is 9.84 Å². The van der Waals surface area contributed by atoms with Crippen molar-refractivity contribution in [3.63, 3.8) is 0 Å². The number of hydrogen-bond acceptors (Lipinski definition) is 3. The third kappa shape index (κ3) is 4.46.